The van der Waals surface area contributed by atoms with Crippen molar-refractivity contribution in [3.05, 3.63) is 51.5 Å². The summed E-state index contributed by atoms with van der Waals surface area (Å²) in [5.74, 6) is -0.469. The van der Waals surface area contributed by atoms with E-state index in [2.05, 4.69) is 21.8 Å². The lowest BCUT2D eigenvalue weighted by Crippen LogP contribution is -2.34. The predicted molar refractivity (Wildman–Crippen MR) is 94.5 cm³/mol. The molecule has 0 saturated carbocycles. The summed E-state index contributed by atoms with van der Waals surface area (Å²) in [4.78, 5) is 11.7. The number of fused-ring (bicyclic) bond motifs is 2. The zero-order chi connectivity index (χ0) is 17.6. The fourth-order valence-corrected chi connectivity index (χ4v) is 3.36. The Kier molecular flexibility index (Phi) is 3.56. The van der Waals surface area contributed by atoms with E-state index < -0.39 is 5.83 Å². The van der Waals surface area contributed by atoms with Gasteiger partial charge in [0.25, 0.3) is 0 Å². The highest BCUT2D eigenvalue weighted by molar-refractivity contribution is 5.76. The maximum atomic E-state index is 14.7. The largest absolute Gasteiger partial charge is 0.382 e. The number of hydrogen-bond acceptors (Lipinski definition) is 5. The quantitative estimate of drug-likeness (QED) is 0.760. The third kappa shape index (κ3) is 2.57. The summed E-state index contributed by atoms with van der Waals surface area (Å²) >= 11 is 0. The molecule has 1 aliphatic heterocycles. The van der Waals surface area contributed by atoms with Crippen LogP contribution in [0.4, 0.5) is 15.9 Å². The Bertz CT molecular complexity index is 1030. The summed E-state index contributed by atoms with van der Waals surface area (Å²) in [7, 11) is 0. The summed E-state index contributed by atoms with van der Waals surface area (Å²) in [6, 6.07) is 6.01. The molecule has 2 aromatic rings. The lowest BCUT2D eigenvalue weighted by Gasteiger charge is -2.14. The lowest BCUT2D eigenvalue weighted by atomic mass is 10.1. The van der Waals surface area contributed by atoms with Crippen molar-refractivity contribution in [2.75, 3.05) is 11.1 Å². The minimum atomic E-state index is -0.500. The van der Waals surface area contributed by atoms with Crippen LogP contribution in [0.25, 0.3) is 12.3 Å². The van der Waals surface area contributed by atoms with Crippen molar-refractivity contribution in [2.45, 2.75) is 26.2 Å². The number of carbonyl (C=O) groups excluding carboxylic acids is 1. The Labute approximate surface area is 143 Å². The fourth-order valence-electron chi connectivity index (χ4n) is 3.36. The first-order valence-electron chi connectivity index (χ1n) is 8.16. The minimum Gasteiger partial charge on any atom is -0.382 e. The maximum absolute atomic E-state index is 14.7. The van der Waals surface area contributed by atoms with Gasteiger partial charge in [0.1, 0.15) is 5.82 Å². The van der Waals surface area contributed by atoms with Crippen molar-refractivity contribution in [1.82, 2.24) is 15.1 Å². The number of rotatable bonds is 2. The molecular weight excluding hydrogens is 321 g/mol. The number of nitrogens with zero attached hydrogens (tertiary/aromatic N) is 2. The SMILES string of the molecule is CC(=O)n1nc(N)c2c1=CNC(Nc1cccc3c1CCC3)=C(F)C=2. The molecule has 4 N–H and O–H groups in total. The molecule has 2 aliphatic rings. The standard InChI is InChI=1S/C18H18FN5O/c1-10(25)24-16-9-21-18(14(19)8-13(16)17(20)23-24)22-15-7-3-5-11-4-2-6-12(11)15/h3,5,7-9,21-22H,2,4,6H2,1H3,(H2,20,23). The van der Waals surface area contributed by atoms with E-state index >= 15 is 0 Å². The number of allylic oxidation sites excluding steroid dienone is 1. The topological polar surface area (TPSA) is 85.0 Å². The molecule has 4 rings (SSSR count). The zero-order valence-electron chi connectivity index (χ0n) is 13.8. The van der Waals surface area contributed by atoms with Gasteiger partial charge in [-0.25, -0.2) is 4.39 Å². The summed E-state index contributed by atoms with van der Waals surface area (Å²) in [6.45, 7) is 1.38. The summed E-state index contributed by atoms with van der Waals surface area (Å²) in [6.07, 6.45) is 5.97. The van der Waals surface area contributed by atoms with Crippen LogP contribution in [0.5, 0.6) is 0 Å². The fraction of sp³-hybridized carbons (Fsp3) is 0.222. The third-order valence-corrected chi connectivity index (χ3v) is 4.55. The normalized spacial score (nSPS) is 15.4. The molecule has 0 atom stereocenters. The van der Waals surface area contributed by atoms with Gasteiger partial charge in [0.05, 0.1) is 5.35 Å². The van der Waals surface area contributed by atoms with Gasteiger partial charge in [0.2, 0.25) is 5.91 Å². The molecule has 25 heavy (non-hydrogen) atoms. The number of benzene rings is 1. The second-order valence-electron chi connectivity index (χ2n) is 6.19. The second-order valence-corrected chi connectivity index (χ2v) is 6.19. The van der Waals surface area contributed by atoms with Gasteiger partial charge < -0.3 is 16.4 Å². The predicted octanol–water partition coefficient (Wildman–Crippen LogP) is 0.986. The third-order valence-electron chi connectivity index (χ3n) is 4.55. The van der Waals surface area contributed by atoms with Crippen LogP contribution in [0, 0.1) is 0 Å². The summed E-state index contributed by atoms with van der Waals surface area (Å²) < 4.78 is 15.9. The molecule has 0 amide bonds. The smallest absolute Gasteiger partial charge is 0.244 e. The van der Waals surface area contributed by atoms with E-state index in [1.165, 1.54) is 30.3 Å². The molecule has 1 aliphatic carbocycles. The van der Waals surface area contributed by atoms with Gasteiger partial charge in [-0.15, -0.1) is 5.10 Å². The Morgan fingerprint density at radius 1 is 1.40 bits per heavy atom. The Hall–Kier alpha value is -3.09. The van der Waals surface area contributed by atoms with E-state index in [0.29, 0.717) is 10.6 Å². The molecule has 0 spiro atoms. The number of halogens is 1. The molecular formula is C18H18FN5O. The molecule has 128 valence electrons. The molecule has 1 aromatic carbocycles. The first kappa shape index (κ1) is 15.4. The van der Waals surface area contributed by atoms with Crippen LogP contribution in [0.1, 0.15) is 29.3 Å². The highest BCUT2D eigenvalue weighted by Gasteiger charge is 2.17. The maximum Gasteiger partial charge on any atom is 0.244 e. The van der Waals surface area contributed by atoms with Crippen molar-refractivity contribution >= 4 is 29.7 Å². The number of anilines is 2. The molecule has 7 heteroatoms. The molecule has 0 radical (unpaired) electrons. The van der Waals surface area contributed by atoms with E-state index in [1.807, 2.05) is 12.1 Å². The first-order valence-corrected chi connectivity index (χ1v) is 8.16. The average molecular weight is 339 g/mol. The molecule has 1 aromatic heterocycles. The van der Waals surface area contributed by atoms with Gasteiger partial charge in [0.15, 0.2) is 11.6 Å². The van der Waals surface area contributed by atoms with E-state index in [9.17, 15) is 9.18 Å². The minimum absolute atomic E-state index is 0.111. The van der Waals surface area contributed by atoms with Gasteiger partial charge >= 0.3 is 0 Å². The summed E-state index contributed by atoms with van der Waals surface area (Å²) in [5.41, 5.74) is 9.24. The van der Waals surface area contributed by atoms with E-state index in [-0.39, 0.29) is 17.5 Å². The van der Waals surface area contributed by atoms with Crippen molar-refractivity contribution in [3.8, 4) is 0 Å². The van der Waals surface area contributed by atoms with Crippen LogP contribution >= 0.6 is 0 Å². The molecule has 0 fully saturated rings. The molecule has 0 unspecified atom stereocenters. The number of nitrogens with two attached hydrogens (primary N) is 1. The van der Waals surface area contributed by atoms with E-state index in [0.717, 1.165) is 29.6 Å². The number of carbonyl (C=O) groups is 1. The highest BCUT2D eigenvalue weighted by atomic mass is 19.1. The van der Waals surface area contributed by atoms with Crippen LogP contribution in [-0.2, 0) is 12.8 Å². The van der Waals surface area contributed by atoms with Crippen LogP contribution < -0.4 is 26.9 Å². The molecule has 0 saturated heterocycles. The van der Waals surface area contributed by atoms with Gasteiger partial charge in [-0.05, 0) is 42.5 Å². The van der Waals surface area contributed by atoms with Crippen molar-refractivity contribution in [1.29, 1.82) is 0 Å². The Balaban J connectivity index is 1.76. The number of hydrogen-bond donors (Lipinski definition) is 3. The van der Waals surface area contributed by atoms with Crippen molar-refractivity contribution in [3.63, 3.8) is 0 Å². The second kappa shape index (κ2) is 5.77. The van der Waals surface area contributed by atoms with Gasteiger partial charge in [-0.2, -0.15) is 4.68 Å². The number of aryl methyl sites for hydroxylation is 1. The number of nitrogen functional groups attached to an aromatic ring is 1. The zero-order valence-corrected chi connectivity index (χ0v) is 13.8. The number of nitrogens with one attached hydrogen (secondary N) is 2. The molecule has 6 nitrogen and oxygen atoms in total. The number of aromatic nitrogens is 2. The highest BCUT2D eigenvalue weighted by Crippen LogP contribution is 2.29. The molecule has 2 heterocycles. The average Bonchev–Trinajstić information content (AvgIpc) is 3.13. The van der Waals surface area contributed by atoms with Crippen LogP contribution in [0.3, 0.4) is 0 Å². The monoisotopic (exact) mass is 339 g/mol. The Morgan fingerprint density at radius 2 is 2.24 bits per heavy atom. The van der Waals surface area contributed by atoms with E-state index in [1.54, 1.807) is 0 Å². The van der Waals surface area contributed by atoms with Crippen LogP contribution in [0.2, 0.25) is 0 Å². The van der Waals surface area contributed by atoms with Gasteiger partial charge in [0, 0.05) is 24.0 Å². The van der Waals surface area contributed by atoms with Crippen molar-refractivity contribution in [2.24, 2.45) is 0 Å². The Morgan fingerprint density at radius 3 is 3.04 bits per heavy atom. The molecule has 0 bridgehead atoms. The summed E-state index contributed by atoms with van der Waals surface area (Å²) in [5, 5.41) is 10.8. The van der Waals surface area contributed by atoms with Crippen LogP contribution in [-0.4, -0.2) is 15.7 Å². The van der Waals surface area contributed by atoms with Gasteiger partial charge in [-0.1, -0.05) is 12.1 Å². The van der Waals surface area contributed by atoms with E-state index in [4.69, 9.17) is 5.73 Å². The van der Waals surface area contributed by atoms with Crippen molar-refractivity contribution < 1.29 is 9.18 Å². The van der Waals surface area contributed by atoms with Gasteiger partial charge in [-0.3, -0.25) is 4.79 Å². The lowest BCUT2D eigenvalue weighted by molar-refractivity contribution is 0.0917. The first-order chi connectivity index (χ1) is 12.0. The van der Waals surface area contributed by atoms with Crippen LogP contribution in [0.15, 0.2) is 29.8 Å².